The average molecular weight is 286 g/mol. The molecule has 20 heavy (non-hydrogen) atoms. The summed E-state index contributed by atoms with van der Waals surface area (Å²) in [5.74, 6) is -0.0340. The molecule has 1 aliphatic heterocycles. The molecular formula is C16H18N2OS. The van der Waals surface area contributed by atoms with Gasteiger partial charge in [-0.15, -0.1) is 0 Å². The fourth-order valence-electron chi connectivity index (χ4n) is 2.60. The minimum Gasteiger partial charge on any atom is -0.301 e. The Hall–Kier alpha value is -1.55. The number of aryl methyl sites for hydroxylation is 1. The number of nitrogens with one attached hydrogen (secondary N) is 1. The van der Waals surface area contributed by atoms with Crippen LogP contribution in [0.2, 0.25) is 0 Å². The van der Waals surface area contributed by atoms with Crippen LogP contribution in [0.15, 0.2) is 34.2 Å². The van der Waals surface area contributed by atoms with E-state index in [1.165, 1.54) is 30.2 Å². The Morgan fingerprint density at radius 1 is 1.35 bits per heavy atom. The first kappa shape index (κ1) is 13.4. The van der Waals surface area contributed by atoms with Gasteiger partial charge in [0.1, 0.15) is 0 Å². The summed E-state index contributed by atoms with van der Waals surface area (Å²) >= 11 is 1.46. The molecule has 0 radical (unpaired) electrons. The molecule has 1 amide bonds. The largest absolute Gasteiger partial charge is 0.301 e. The molecule has 0 aromatic heterocycles. The van der Waals surface area contributed by atoms with Gasteiger partial charge in [0.2, 0.25) is 0 Å². The van der Waals surface area contributed by atoms with Gasteiger partial charge in [0.15, 0.2) is 5.17 Å². The van der Waals surface area contributed by atoms with Crippen molar-refractivity contribution in [3.63, 3.8) is 0 Å². The zero-order valence-electron chi connectivity index (χ0n) is 11.6. The second kappa shape index (κ2) is 5.83. The first-order valence-electron chi connectivity index (χ1n) is 7.06. The summed E-state index contributed by atoms with van der Waals surface area (Å²) in [4.78, 5) is 17.3. The van der Waals surface area contributed by atoms with Gasteiger partial charge >= 0.3 is 0 Å². The van der Waals surface area contributed by atoms with E-state index in [2.05, 4.69) is 29.4 Å². The van der Waals surface area contributed by atoms with Crippen LogP contribution in [-0.2, 0) is 4.79 Å². The predicted molar refractivity (Wildman–Crippen MR) is 84.6 cm³/mol. The molecule has 1 aromatic rings. The number of nitrogens with zero attached hydrogens (tertiary/aromatic N) is 1. The molecule has 1 N–H and O–H groups in total. The van der Waals surface area contributed by atoms with Gasteiger partial charge in [-0.2, -0.15) is 0 Å². The van der Waals surface area contributed by atoms with E-state index in [-0.39, 0.29) is 5.91 Å². The molecular weight excluding hydrogens is 268 g/mol. The number of hydrogen-bond donors (Lipinski definition) is 1. The number of benzene rings is 1. The van der Waals surface area contributed by atoms with Crippen LogP contribution in [0.25, 0.3) is 6.08 Å². The molecule has 0 atom stereocenters. The summed E-state index contributed by atoms with van der Waals surface area (Å²) in [5, 5.41) is 3.64. The molecule has 0 bridgehead atoms. The van der Waals surface area contributed by atoms with E-state index in [4.69, 9.17) is 0 Å². The number of amidine groups is 1. The van der Waals surface area contributed by atoms with Gasteiger partial charge in [-0.3, -0.25) is 9.79 Å². The Morgan fingerprint density at radius 3 is 2.90 bits per heavy atom. The molecule has 0 spiro atoms. The number of amides is 1. The molecule has 3 nitrogen and oxygen atoms in total. The number of hydrogen-bond acceptors (Lipinski definition) is 3. The second-order valence-electron chi connectivity index (χ2n) is 5.35. The molecule has 4 heteroatoms. The maximum absolute atomic E-state index is 12.0. The van der Waals surface area contributed by atoms with Gasteiger partial charge in [-0.05, 0) is 43.2 Å². The number of carbonyl (C=O) groups is 1. The third-order valence-electron chi connectivity index (χ3n) is 3.62. The highest BCUT2D eigenvalue weighted by atomic mass is 32.2. The van der Waals surface area contributed by atoms with Crippen molar-refractivity contribution in [3.8, 4) is 0 Å². The van der Waals surface area contributed by atoms with E-state index >= 15 is 0 Å². The quantitative estimate of drug-likeness (QED) is 0.845. The summed E-state index contributed by atoms with van der Waals surface area (Å²) in [5.41, 5.74) is 2.26. The van der Waals surface area contributed by atoms with Crippen molar-refractivity contribution >= 4 is 28.9 Å². The van der Waals surface area contributed by atoms with Crippen LogP contribution >= 0.6 is 11.8 Å². The Balaban J connectivity index is 1.76. The van der Waals surface area contributed by atoms with Crippen LogP contribution < -0.4 is 5.32 Å². The van der Waals surface area contributed by atoms with Gasteiger partial charge in [-0.25, -0.2) is 0 Å². The minimum atomic E-state index is -0.0340. The average Bonchev–Trinajstić information content (AvgIpc) is 3.01. The maximum atomic E-state index is 12.0. The summed E-state index contributed by atoms with van der Waals surface area (Å²) in [6.07, 6.45) is 6.75. The van der Waals surface area contributed by atoms with Crippen LogP contribution in [0, 0.1) is 6.92 Å². The normalized spacial score (nSPS) is 23.8. The number of carbonyl (C=O) groups excluding carboxylic acids is 1. The molecule has 1 aromatic carbocycles. The van der Waals surface area contributed by atoms with Crippen LogP contribution in [-0.4, -0.2) is 17.1 Å². The van der Waals surface area contributed by atoms with E-state index in [1.54, 1.807) is 0 Å². The third-order valence-corrected chi connectivity index (χ3v) is 4.54. The van der Waals surface area contributed by atoms with E-state index in [1.807, 2.05) is 18.2 Å². The van der Waals surface area contributed by atoms with Crippen molar-refractivity contribution in [2.45, 2.75) is 38.6 Å². The monoisotopic (exact) mass is 286 g/mol. The lowest BCUT2D eigenvalue weighted by molar-refractivity contribution is -0.115. The topological polar surface area (TPSA) is 41.5 Å². The van der Waals surface area contributed by atoms with E-state index in [9.17, 15) is 4.79 Å². The molecule has 104 valence electrons. The molecule has 1 aliphatic carbocycles. The van der Waals surface area contributed by atoms with Crippen molar-refractivity contribution < 1.29 is 4.79 Å². The Kier molecular flexibility index (Phi) is 3.92. The zero-order valence-corrected chi connectivity index (χ0v) is 12.4. The van der Waals surface area contributed by atoms with Crippen molar-refractivity contribution in [2.75, 3.05) is 0 Å². The highest BCUT2D eigenvalue weighted by Gasteiger charge is 2.25. The molecule has 1 saturated heterocycles. The molecule has 2 fully saturated rings. The summed E-state index contributed by atoms with van der Waals surface area (Å²) < 4.78 is 0. The Morgan fingerprint density at radius 2 is 2.15 bits per heavy atom. The number of rotatable bonds is 2. The second-order valence-corrected chi connectivity index (χ2v) is 6.38. The van der Waals surface area contributed by atoms with Gasteiger partial charge in [0.05, 0.1) is 10.9 Å². The SMILES string of the molecule is Cc1cccc(C=C2SC(=NC3CCCC3)NC2=O)c1. The van der Waals surface area contributed by atoms with Crippen molar-refractivity contribution in [1.29, 1.82) is 0 Å². The lowest BCUT2D eigenvalue weighted by Gasteiger charge is -2.02. The summed E-state index contributed by atoms with van der Waals surface area (Å²) in [7, 11) is 0. The summed E-state index contributed by atoms with van der Waals surface area (Å²) in [6.45, 7) is 2.05. The van der Waals surface area contributed by atoms with E-state index < -0.39 is 0 Å². The van der Waals surface area contributed by atoms with Crippen LogP contribution in [0.1, 0.15) is 36.8 Å². The molecule has 0 unspecified atom stereocenters. The lowest BCUT2D eigenvalue weighted by atomic mass is 10.1. The smallest absolute Gasteiger partial charge is 0.264 e. The van der Waals surface area contributed by atoms with Crippen LogP contribution in [0.4, 0.5) is 0 Å². The minimum absolute atomic E-state index is 0.0340. The van der Waals surface area contributed by atoms with E-state index in [0.717, 1.165) is 28.5 Å². The fraction of sp³-hybridized carbons (Fsp3) is 0.375. The van der Waals surface area contributed by atoms with Crippen LogP contribution in [0.3, 0.4) is 0 Å². The predicted octanol–water partition coefficient (Wildman–Crippen LogP) is 3.50. The Labute approximate surface area is 123 Å². The van der Waals surface area contributed by atoms with E-state index in [0.29, 0.717) is 6.04 Å². The van der Waals surface area contributed by atoms with Gasteiger partial charge < -0.3 is 5.32 Å². The third kappa shape index (κ3) is 3.12. The fourth-order valence-corrected chi connectivity index (χ4v) is 3.49. The number of aliphatic imine (C=N–C) groups is 1. The highest BCUT2D eigenvalue weighted by Crippen LogP contribution is 2.29. The first-order chi connectivity index (χ1) is 9.70. The van der Waals surface area contributed by atoms with Crippen LogP contribution in [0.5, 0.6) is 0 Å². The van der Waals surface area contributed by atoms with Gasteiger partial charge in [-0.1, -0.05) is 42.7 Å². The maximum Gasteiger partial charge on any atom is 0.264 e. The van der Waals surface area contributed by atoms with Gasteiger partial charge in [0.25, 0.3) is 5.91 Å². The van der Waals surface area contributed by atoms with Crippen molar-refractivity contribution in [3.05, 3.63) is 40.3 Å². The first-order valence-corrected chi connectivity index (χ1v) is 7.88. The highest BCUT2D eigenvalue weighted by molar-refractivity contribution is 8.18. The number of thioether (sulfide) groups is 1. The molecule has 2 aliphatic rings. The standard InChI is InChI=1S/C16H18N2OS/c1-11-5-4-6-12(9-11)10-14-15(19)18-16(20-14)17-13-7-2-3-8-13/h4-6,9-10,13H,2-3,7-8H2,1H3,(H,17,18,19). The van der Waals surface area contributed by atoms with Crippen molar-refractivity contribution in [1.82, 2.24) is 5.32 Å². The summed E-state index contributed by atoms with van der Waals surface area (Å²) in [6, 6.07) is 8.55. The lowest BCUT2D eigenvalue weighted by Crippen LogP contribution is -2.21. The molecule has 3 rings (SSSR count). The van der Waals surface area contributed by atoms with Gasteiger partial charge in [0, 0.05) is 0 Å². The molecule has 1 heterocycles. The zero-order chi connectivity index (χ0) is 13.9. The van der Waals surface area contributed by atoms with Crippen molar-refractivity contribution in [2.24, 2.45) is 4.99 Å². The molecule has 1 saturated carbocycles. The Bertz CT molecular complexity index is 586.